The second-order valence-electron chi connectivity index (χ2n) is 7.98. The molecule has 1 fully saturated rings. The number of rotatable bonds is 5. The number of benzene rings is 1. The van der Waals surface area contributed by atoms with Gasteiger partial charge in [0.15, 0.2) is 11.4 Å². The van der Waals surface area contributed by atoms with Gasteiger partial charge in [-0.3, -0.25) is 9.20 Å². The maximum atomic E-state index is 13.0. The van der Waals surface area contributed by atoms with Gasteiger partial charge >= 0.3 is 0 Å². The first-order chi connectivity index (χ1) is 16.1. The lowest BCUT2D eigenvalue weighted by Gasteiger charge is -2.36. The summed E-state index contributed by atoms with van der Waals surface area (Å²) in [6, 6.07) is 18.0. The molecule has 8 heteroatoms. The average Bonchev–Trinajstić information content (AvgIpc) is 3.21. The Bertz CT molecular complexity index is 1260. The topological polar surface area (TPSA) is 75.0 Å². The van der Waals surface area contributed by atoms with Crippen LogP contribution in [0.4, 0.5) is 17.2 Å². The maximum absolute atomic E-state index is 13.0. The minimum atomic E-state index is -0.237. The number of nitrogens with zero attached hydrogens (tertiary/aromatic N) is 5. The molecular weight excluding hydrogens is 416 g/mol. The SMILES string of the molecule is COc1cccn2c(C(=O)Nc3ccc(N4CCN(c5ccccc5)CC4)nc3)c(C)nc12. The van der Waals surface area contributed by atoms with Crippen molar-refractivity contribution >= 4 is 28.7 Å². The number of carbonyl (C=O) groups is 1. The van der Waals surface area contributed by atoms with Crippen molar-refractivity contribution in [3.05, 3.63) is 78.4 Å². The number of para-hydroxylation sites is 1. The summed E-state index contributed by atoms with van der Waals surface area (Å²) in [7, 11) is 1.59. The summed E-state index contributed by atoms with van der Waals surface area (Å²) in [6.07, 6.45) is 3.51. The minimum Gasteiger partial charge on any atom is -0.493 e. The number of hydrogen-bond acceptors (Lipinski definition) is 6. The molecule has 33 heavy (non-hydrogen) atoms. The number of amides is 1. The van der Waals surface area contributed by atoms with Crippen molar-refractivity contribution < 1.29 is 9.53 Å². The summed E-state index contributed by atoms with van der Waals surface area (Å²) in [5, 5.41) is 2.94. The van der Waals surface area contributed by atoms with Crippen molar-refractivity contribution in [3.63, 3.8) is 0 Å². The van der Waals surface area contributed by atoms with Crippen LogP contribution in [0.1, 0.15) is 16.2 Å². The number of hydrogen-bond donors (Lipinski definition) is 1. The number of aromatic nitrogens is 3. The van der Waals surface area contributed by atoms with Gasteiger partial charge in [0, 0.05) is 38.1 Å². The fourth-order valence-electron chi connectivity index (χ4n) is 4.26. The Balaban J connectivity index is 1.26. The van der Waals surface area contributed by atoms with Crippen LogP contribution in [0.3, 0.4) is 0 Å². The molecular formula is C25H26N6O2. The van der Waals surface area contributed by atoms with Gasteiger partial charge in [-0.1, -0.05) is 18.2 Å². The molecule has 3 aromatic heterocycles. The summed E-state index contributed by atoms with van der Waals surface area (Å²) in [4.78, 5) is 26.8. The second kappa shape index (κ2) is 8.82. The highest BCUT2D eigenvalue weighted by atomic mass is 16.5. The Morgan fingerprint density at radius 2 is 1.73 bits per heavy atom. The number of fused-ring (bicyclic) bond motifs is 1. The lowest BCUT2D eigenvalue weighted by molar-refractivity contribution is 0.102. The van der Waals surface area contributed by atoms with E-state index >= 15 is 0 Å². The summed E-state index contributed by atoms with van der Waals surface area (Å²) in [5.74, 6) is 1.30. The van der Waals surface area contributed by atoms with Crippen LogP contribution >= 0.6 is 0 Å². The lowest BCUT2D eigenvalue weighted by Crippen LogP contribution is -2.46. The zero-order chi connectivity index (χ0) is 22.8. The molecule has 1 amide bonds. The van der Waals surface area contributed by atoms with Crippen LogP contribution in [0.25, 0.3) is 5.65 Å². The summed E-state index contributed by atoms with van der Waals surface area (Å²) >= 11 is 0. The Morgan fingerprint density at radius 1 is 0.970 bits per heavy atom. The molecule has 0 spiro atoms. The van der Waals surface area contributed by atoms with Gasteiger partial charge in [0.2, 0.25) is 0 Å². The lowest BCUT2D eigenvalue weighted by atomic mass is 10.2. The van der Waals surface area contributed by atoms with E-state index in [-0.39, 0.29) is 5.91 Å². The molecule has 4 heterocycles. The average molecular weight is 443 g/mol. The third kappa shape index (κ3) is 4.07. The molecule has 1 aromatic carbocycles. The number of aryl methyl sites for hydroxylation is 1. The fourth-order valence-corrected chi connectivity index (χ4v) is 4.26. The molecule has 0 bridgehead atoms. The first kappa shape index (κ1) is 20.8. The van der Waals surface area contributed by atoms with Gasteiger partial charge in [0.05, 0.1) is 24.7 Å². The van der Waals surface area contributed by atoms with Crippen LogP contribution in [0, 0.1) is 6.92 Å². The fraction of sp³-hybridized carbons (Fsp3) is 0.240. The molecule has 1 aliphatic rings. The molecule has 4 aromatic rings. The zero-order valence-electron chi connectivity index (χ0n) is 18.7. The molecule has 1 aliphatic heterocycles. The van der Waals surface area contributed by atoms with E-state index in [1.165, 1.54) is 5.69 Å². The van der Waals surface area contributed by atoms with E-state index in [0.29, 0.717) is 28.5 Å². The molecule has 5 rings (SSSR count). The van der Waals surface area contributed by atoms with E-state index in [0.717, 1.165) is 32.0 Å². The van der Waals surface area contributed by atoms with E-state index in [9.17, 15) is 4.79 Å². The highest BCUT2D eigenvalue weighted by Gasteiger charge is 2.20. The van der Waals surface area contributed by atoms with Crippen LogP contribution in [-0.4, -0.2) is 53.6 Å². The van der Waals surface area contributed by atoms with E-state index in [4.69, 9.17) is 4.74 Å². The van der Waals surface area contributed by atoms with Crippen molar-refractivity contribution in [2.45, 2.75) is 6.92 Å². The second-order valence-corrected chi connectivity index (χ2v) is 7.98. The molecule has 1 N–H and O–H groups in total. The van der Waals surface area contributed by atoms with E-state index in [1.54, 1.807) is 17.7 Å². The molecule has 0 saturated carbocycles. The molecule has 168 valence electrons. The number of imidazole rings is 1. The smallest absolute Gasteiger partial charge is 0.274 e. The van der Waals surface area contributed by atoms with E-state index < -0.39 is 0 Å². The Labute approximate surface area is 192 Å². The molecule has 0 atom stereocenters. The third-order valence-corrected chi connectivity index (χ3v) is 5.95. The van der Waals surface area contributed by atoms with Gasteiger partial charge in [-0.05, 0) is 43.3 Å². The van der Waals surface area contributed by atoms with Gasteiger partial charge in [0.1, 0.15) is 11.5 Å². The molecule has 0 unspecified atom stereocenters. The van der Waals surface area contributed by atoms with Crippen molar-refractivity contribution in [2.24, 2.45) is 0 Å². The van der Waals surface area contributed by atoms with Crippen molar-refractivity contribution in [3.8, 4) is 5.75 Å². The summed E-state index contributed by atoms with van der Waals surface area (Å²) in [6.45, 7) is 5.51. The number of nitrogens with one attached hydrogen (secondary N) is 1. The monoisotopic (exact) mass is 442 g/mol. The van der Waals surface area contributed by atoms with Crippen LogP contribution in [0.5, 0.6) is 5.75 Å². The molecule has 0 aliphatic carbocycles. The highest BCUT2D eigenvalue weighted by Crippen LogP contribution is 2.23. The number of pyridine rings is 2. The van der Waals surface area contributed by atoms with Crippen LogP contribution < -0.4 is 19.9 Å². The van der Waals surface area contributed by atoms with E-state index in [1.807, 2.05) is 43.5 Å². The predicted octanol–water partition coefficient (Wildman–Crippen LogP) is 3.63. The van der Waals surface area contributed by atoms with Gasteiger partial charge in [-0.25, -0.2) is 9.97 Å². The zero-order valence-corrected chi connectivity index (χ0v) is 18.7. The maximum Gasteiger partial charge on any atom is 0.274 e. The predicted molar refractivity (Wildman–Crippen MR) is 130 cm³/mol. The Morgan fingerprint density at radius 3 is 2.42 bits per heavy atom. The molecule has 0 radical (unpaired) electrons. The van der Waals surface area contributed by atoms with Crippen LogP contribution in [-0.2, 0) is 0 Å². The summed E-state index contributed by atoms with van der Waals surface area (Å²) < 4.78 is 7.11. The third-order valence-electron chi connectivity index (χ3n) is 5.95. The van der Waals surface area contributed by atoms with Gasteiger partial charge in [-0.15, -0.1) is 0 Å². The van der Waals surface area contributed by atoms with E-state index in [2.05, 4.69) is 49.4 Å². The largest absolute Gasteiger partial charge is 0.493 e. The highest BCUT2D eigenvalue weighted by molar-refractivity contribution is 6.04. The van der Waals surface area contributed by atoms with Gasteiger partial charge in [0.25, 0.3) is 5.91 Å². The van der Waals surface area contributed by atoms with Crippen LogP contribution in [0.15, 0.2) is 67.0 Å². The molecule has 8 nitrogen and oxygen atoms in total. The first-order valence-electron chi connectivity index (χ1n) is 11.0. The quantitative estimate of drug-likeness (QED) is 0.509. The first-order valence-corrected chi connectivity index (χ1v) is 11.0. The normalized spacial score (nSPS) is 13.9. The number of anilines is 3. The standard InChI is InChI=1S/C25H26N6O2/c1-18-23(31-12-6-9-21(33-2)24(31)27-18)25(32)28-19-10-11-22(26-17-19)30-15-13-29(14-16-30)20-7-4-3-5-8-20/h3-12,17H,13-16H2,1-2H3,(H,28,32). The number of methoxy groups -OCH3 is 1. The Hall–Kier alpha value is -4.07. The van der Waals surface area contributed by atoms with Crippen molar-refractivity contribution in [1.29, 1.82) is 0 Å². The number of carbonyl (C=O) groups excluding carboxylic acids is 1. The number of piperazine rings is 1. The van der Waals surface area contributed by atoms with Gasteiger partial charge in [-0.2, -0.15) is 0 Å². The summed E-state index contributed by atoms with van der Waals surface area (Å²) in [5.41, 5.74) is 3.63. The van der Waals surface area contributed by atoms with Crippen molar-refractivity contribution in [1.82, 2.24) is 14.4 Å². The van der Waals surface area contributed by atoms with Crippen molar-refractivity contribution in [2.75, 3.05) is 48.4 Å². The number of ether oxygens (including phenoxy) is 1. The molecule has 1 saturated heterocycles. The Kier molecular flexibility index (Phi) is 5.56. The minimum absolute atomic E-state index is 0.237. The van der Waals surface area contributed by atoms with Crippen LogP contribution in [0.2, 0.25) is 0 Å². The van der Waals surface area contributed by atoms with Gasteiger partial charge < -0.3 is 19.9 Å².